The Morgan fingerprint density at radius 1 is 1.11 bits per heavy atom. The highest BCUT2D eigenvalue weighted by Gasteiger charge is 2.30. The number of nitrogens with one attached hydrogen (secondary N) is 2. The largest absolute Gasteiger partial charge is 0.345 e. The molecule has 196 valence electrons. The summed E-state index contributed by atoms with van der Waals surface area (Å²) in [6.45, 7) is 6.57. The molecule has 4 rings (SSSR count). The van der Waals surface area contributed by atoms with Gasteiger partial charge in [-0.05, 0) is 43.0 Å². The average molecular weight is 511 g/mol. The lowest BCUT2D eigenvalue weighted by Crippen LogP contribution is -2.40. The lowest BCUT2D eigenvalue weighted by molar-refractivity contribution is -0.128. The van der Waals surface area contributed by atoms with Crippen LogP contribution in [0.4, 0.5) is 8.78 Å². The van der Waals surface area contributed by atoms with Crippen molar-refractivity contribution in [2.75, 3.05) is 18.5 Å². The fourth-order valence-corrected chi connectivity index (χ4v) is 4.94. The van der Waals surface area contributed by atoms with Crippen LogP contribution in [0.15, 0.2) is 47.3 Å². The number of fused-ring (bicyclic) bond motifs is 1. The smallest absolute Gasteiger partial charge is 0.280 e. The van der Waals surface area contributed by atoms with Gasteiger partial charge in [-0.15, -0.1) is 0 Å². The van der Waals surface area contributed by atoms with Gasteiger partial charge >= 0.3 is 0 Å². The predicted molar refractivity (Wildman–Crippen MR) is 139 cm³/mol. The Kier molecular flexibility index (Phi) is 7.90. The molecule has 1 aromatic heterocycles. The molecule has 37 heavy (non-hydrogen) atoms. The molecule has 0 aliphatic carbocycles. The molecule has 1 saturated heterocycles. The number of amides is 2. The minimum Gasteiger partial charge on any atom is -0.345 e. The van der Waals surface area contributed by atoms with Crippen LogP contribution < -0.4 is 16.3 Å². The van der Waals surface area contributed by atoms with Crippen LogP contribution in [0, 0.1) is 17.6 Å². The standard InChI is InChI=1S/C28H32F2N4O3/c1-4-17(3)26(18-9-6-10-19(29)15-18)32-27(36)25-20-11-7-12-21(30)24(20)28(37)34(31-5-2)22(25)16-33-14-8-13-23(33)35/h6-7,9-12,15,17,26,31H,4-5,8,13-14,16H2,1-3H3,(H,32,36)/t17?,26-/m0/s1. The van der Waals surface area contributed by atoms with E-state index in [2.05, 4.69) is 10.7 Å². The zero-order valence-electron chi connectivity index (χ0n) is 21.3. The first kappa shape index (κ1) is 26.3. The van der Waals surface area contributed by atoms with Crippen molar-refractivity contribution in [1.82, 2.24) is 14.9 Å². The number of hydrogen-bond acceptors (Lipinski definition) is 4. The quantitative estimate of drug-likeness (QED) is 0.445. The van der Waals surface area contributed by atoms with Gasteiger partial charge < -0.3 is 15.6 Å². The molecular weight excluding hydrogens is 478 g/mol. The number of hydrogen-bond donors (Lipinski definition) is 2. The van der Waals surface area contributed by atoms with Crippen LogP contribution in [0.25, 0.3) is 10.8 Å². The van der Waals surface area contributed by atoms with E-state index in [-0.39, 0.29) is 40.4 Å². The number of benzene rings is 2. The highest BCUT2D eigenvalue weighted by molar-refractivity contribution is 6.08. The zero-order chi connectivity index (χ0) is 26.7. The Bertz CT molecular complexity index is 1390. The molecule has 9 heteroatoms. The molecule has 1 unspecified atom stereocenters. The van der Waals surface area contributed by atoms with Gasteiger partial charge in [0, 0.05) is 24.9 Å². The Morgan fingerprint density at radius 3 is 2.51 bits per heavy atom. The summed E-state index contributed by atoms with van der Waals surface area (Å²) in [5, 5.41) is 2.98. The topological polar surface area (TPSA) is 83.4 Å². The number of likely N-dealkylation sites (tertiary alicyclic amines) is 1. The van der Waals surface area contributed by atoms with E-state index in [1.165, 1.54) is 28.9 Å². The number of pyridine rings is 1. The van der Waals surface area contributed by atoms with Gasteiger partial charge in [0.25, 0.3) is 11.5 Å². The van der Waals surface area contributed by atoms with Gasteiger partial charge in [-0.1, -0.05) is 44.5 Å². The Balaban J connectivity index is 1.91. The fraction of sp³-hybridized carbons (Fsp3) is 0.393. The lowest BCUT2D eigenvalue weighted by Gasteiger charge is -2.28. The van der Waals surface area contributed by atoms with Crippen molar-refractivity contribution in [3.8, 4) is 0 Å². The molecular formula is C28H32F2N4O3. The van der Waals surface area contributed by atoms with E-state index in [0.29, 0.717) is 37.9 Å². The maximum absolute atomic E-state index is 15.0. The number of rotatable bonds is 9. The van der Waals surface area contributed by atoms with E-state index < -0.39 is 29.1 Å². The van der Waals surface area contributed by atoms with Gasteiger partial charge in [0.1, 0.15) is 11.6 Å². The summed E-state index contributed by atoms with van der Waals surface area (Å²) >= 11 is 0. The first-order valence-corrected chi connectivity index (χ1v) is 12.7. The SMILES string of the molecule is CCNn1c(CN2CCCC2=O)c(C(=O)N[C@H](c2cccc(F)c2)C(C)CC)c2cccc(F)c2c1=O. The normalized spacial score (nSPS) is 15.2. The second-order valence-corrected chi connectivity index (χ2v) is 9.45. The maximum Gasteiger partial charge on any atom is 0.280 e. The molecule has 2 N–H and O–H groups in total. The summed E-state index contributed by atoms with van der Waals surface area (Å²) in [5.41, 5.74) is 3.31. The van der Waals surface area contributed by atoms with E-state index in [1.807, 2.05) is 13.8 Å². The minimum absolute atomic E-state index is 0.0181. The predicted octanol–water partition coefficient (Wildman–Crippen LogP) is 4.48. The van der Waals surface area contributed by atoms with Crippen LogP contribution in [0.2, 0.25) is 0 Å². The van der Waals surface area contributed by atoms with Gasteiger partial charge in [-0.2, -0.15) is 0 Å². The molecule has 3 aromatic rings. The Morgan fingerprint density at radius 2 is 1.86 bits per heavy atom. The van der Waals surface area contributed by atoms with Crippen LogP contribution in [0.3, 0.4) is 0 Å². The number of carbonyl (C=O) groups is 2. The van der Waals surface area contributed by atoms with E-state index >= 15 is 0 Å². The van der Waals surface area contributed by atoms with Crippen LogP contribution in [-0.2, 0) is 11.3 Å². The molecule has 1 aliphatic rings. The summed E-state index contributed by atoms with van der Waals surface area (Å²) in [4.78, 5) is 41.5. The number of nitrogens with zero attached hydrogens (tertiary/aromatic N) is 2. The van der Waals surface area contributed by atoms with E-state index in [4.69, 9.17) is 0 Å². The van der Waals surface area contributed by atoms with Crippen molar-refractivity contribution in [3.63, 3.8) is 0 Å². The molecule has 2 aromatic carbocycles. The van der Waals surface area contributed by atoms with Gasteiger partial charge in [0.15, 0.2) is 0 Å². The van der Waals surface area contributed by atoms with Gasteiger partial charge in [-0.3, -0.25) is 14.4 Å². The molecule has 1 aliphatic heterocycles. The summed E-state index contributed by atoms with van der Waals surface area (Å²) in [6, 6.07) is 9.71. The number of carbonyl (C=O) groups excluding carboxylic acids is 2. The summed E-state index contributed by atoms with van der Waals surface area (Å²) in [6.07, 6.45) is 1.79. The Hall–Kier alpha value is -3.75. The molecule has 0 bridgehead atoms. The molecule has 2 atom stereocenters. The van der Waals surface area contributed by atoms with Crippen LogP contribution in [-0.4, -0.2) is 34.5 Å². The second-order valence-electron chi connectivity index (χ2n) is 9.45. The van der Waals surface area contributed by atoms with Crippen LogP contribution in [0.5, 0.6) is 0 Å². The third-order valence-electron chi connectivity index (χ3n) is 7.02. The molecule has 0 radical (unpaired) electrons. The van der Waals surface area contributed by atoms with Crippen molar-refractivity contribution < 1.29 is 18.4 Å². The summed E-state index contributed by atoms with van der Waals surface area (Å²) in [5.74, 6) is -1.80. The highest BCUT2D eigenvalue weighted by Crippen LogP contribution is 2.29. The monoisotopic (exact) mass is 510 g/mol. The second kappa shape index (κ2) is 11.1. The van der Waals surface area contributed by atoms with E-state index in [0.717, 1.165) is 0 Å². The summed E-state index contributed by atoms with van der Waals surface area (Å²) < 4.78 is 30.3. The third kappa shape index (κ3) is 5.21. The molecule has 7 nitrogen and oxygen atoms in total. The zero-order valence-corrected chi connectivity index (χ0v) is 21.3. The lowest BCUT2D eigenvalue weighted by atomic mass is 9.91. The minimum atomic E-state index is -0.740. The van der Waals surface area contributed by atoms with Crippen molar-refractivity contribution >= 4 is 22.6 Å². The van der Waals surface area contributed by atoms with Crippen molar-refractivity contribution in [2.45, 2.75) is 52.6 Å². The number of halogens is 2. The maximum atomic E-state index is 15.0. The fourth-order valence-electron chi connectivity index (χ4n) is 4.94. The van der Waals surface area contributed by atoms with E-state index in [9.17, 15) is 23.2 Å². The van der Waals surface area contributed by atoms with E-state index in [1.54, 1.807) is 30.0 Å². The molecule has 2 amide bonds. The first-order chi connectivity index (χ1) is 17.8. The molecule has 1 fully saturated rings. The van der Waals surface area contributed by atoms with Gasteiger partial charge in [0.05, 0.1) is 29.2 Å². The number of aromatic nitrogens is 1. The third-order valence-corrected chi connectivity index (χ3v) is 7.02. The molecule has 0 saturated carbocycles. The molecule has 0 spiro atoms. The summed E-state index contributed by atoms with van der Waals surface area (Å²) in [7, 11) is 0. The van der Waals surface area contributed by atoms with Crippen LogP contribution >= 0.6 is 0 Å². The van der Waals surface area contributed by atoms with Gasteiger partial charge in [0.2, 0.25) is 5.91 Å². The first-order valence-electron chi connectivity index (χ1n) is 12.7. The molecule has 2 heterocycles. The van der Waals surface area contributed by atoms with Crippen molar-refractivity contribution in [1.29, 1.82) is 0 Å². The van der Waals surface area contributed by atoms with Crippen molar-refractivity contribution in [3.05, 3.63) is 81.3 Å². The van der Waals surface area contributed by atoms with Crippen molar-refractivity contribution in [2.24, 2.45) is 5.92 Å². The van der Waals surface area contributed by atoms with Crippen LogP contribution in [0.1, 0.15) is 67.7 Å². The average Bonchev–Trinajstić information content (AvgIpc) is 3.28. The highest BCUT2D eigenvalue weighted by atomic mass is 19.1. The Labute approximate surface area is 214 Å². The van der Waals surface area contributed by atoms with Gasteiger partial charge in [-0.25, -0.2) is 13.5 Å².